The Hall–Kier alpha value is -1.63. The highest BCUT2D eigenvalue weighted by Gasteiger charge is 2.35. The Morgan fingerprint density at radius 3 is 2.56 bits per heavy atom. The van der Waals surface area contributed by atoms with Gasteiger partial charge in [-0.1, -0.05) is 18.2 Å². The summed E-state index contributed by atoms with van der Waals surface area (Å²) in [5.41, 5.74) is 1.29. The molecular formula is C21H33N3O3. The molecule has 0 aliphatic carbocycles. The van der Waals surface area contributed by atoms with Crippen molar-refractivity contribution in [3.63, 3.8) is 0 Å². The molecule has 0 bridgehead atoms. The zero-order valence-electron chi connectivity index (χ0n) is 16.5. The Morgan fingerprint density at radius 2 is 1.89 bits per heavy atom. The first kappa shape index (κ1) is 20.1. The van der Waals surface area contributed by atoms with Crippen LogP contribution in [0.5, 0.6) is 0 Å². The number of para-hydroxylation sites is 1. The van der Waals surface area contributed by atoms with Crippen LogP contribution in [0.4, 0.5) is 5.69 Å². The van der Waals surface area contributed by atoms with E-state index in [9.17, 15) is 9.90 Å². The van der Waals surface area contributed by atoms with Crippen LogP contribution in [0.2, 0.25) is 0 Å². The number of ether oxygens (including phenoxy) is 1. The van der Waals surface area contributed by atoms with Crippen LogP contribution in [-0.2, 0) is 9.53 Å². The summed E-state index contributed by atoms with van der Waals surface area (Å²) in [6.07, 6.45) is 0.960. The van der Waals surface area contributed by atoms with E-state index in [1.54, 1.807) is 0 Å². The second-order valence-corrected chi connectivity index (χ2v) is 7.94. The Kier molecular flexibility index (Phi) is 7.10. The molecule has 0 unspecified atom stereocenters. The van der Waals surface area contributed by atoms with Gasteiger partial charge in [-0.2, -0.15) is 0 Å². The highest BCUT2D eigenvalue weighted by molar-refractivity contribution is 5.81. The summed E-state index contributed by atoms with van der Waals surface area (Å²) in [5.74, 6) is -0.196. The van der Waals surface area contributed by atoms with Gasteiger partial charge in [-0.15, -0.1) is 0 Å². The smallest absolute Gasteiger partial charge is 0.252 e. The molecule has 1 aromatic rings. The minimum absolute atomic E-state index is 0.0449. The van der Waals surface area contributed by atoms with Gasteiger partial charge in [0.1, 0.15) is 0 Å². The van der Waals surface area contributed by atoms with Gasteiger partial charge in [0.2, 0.25) is 0 Å². The van der Waals surface area contributed by atoms with Crippen LogP contribution in [0, 0.1) is 0 Å². The molecule has 1 amide bonds. The minimum Gasteiger partial charge on any atom is -0.390 e. The van der Waals surface area contributed by atoms with E-state index >= 15 is 0 Å². The molecule has 2 fully saturated rings. The van der Waals surface area contributed by atoms with Gasteiger partial charge in [0.05, 0.1) is 12.2 Å². The van der Waals surface area contributed by atoms with Gasteiger partial charge in [0, 0.05) is 44.5 Å². The van der Waals surface area contributed by atoms with Crippen molar-refractivity contribution in [3.05, 3.63) is 30.3 Å². The van der Waals surface area contributed by atoms with Gasteiger partial charge < -0.3 is 20.1 Å². The molecule has 2 aliphatic heterocycles. The Morgan fingerprint density at radius 1 is 1.19 bits per heavy atom. The number of carbonyl (C=O) groups excluding carboxylic acids is 1. The second kappa shape index (κ2) is 9.53. The summed E-state index contributed by atoms with van der Waals surface area (Å²) < 4.78 is 5.94. The van der Waals surface area contributed by atoms with Crippen LogP contribution in [0.25, 0.3) is 0 Å². The van der Waals surface area contributed by atoms with Crippen molar-refractivity contribution in [2.45, 2.75) is 57.5 Å². The summed E-state index contributed by atoms with van der Waals surface area (Å²) in [4.78, 5) is 17.1. The predicted octanol–water partition coefficient (Wildman–Crippen LogP) is 1.63. The molecule has 6 nitrogen and oxygen atoms in total. The fourth-order valence-electron chi connectivity index (χ4n) is 3.88. The average Bonchev–Trinajstić information content (AvgIpc) is 2.68. The van der Waals surface area contributed by atoms with E-state index in [1.807, 2.05) is 13.8 Å². The quantitative estimate of drug-likeness (QED) is 0.791. The standard InChI is InChI=1S/C21H33N3O3/c1-16(2)22-21(26)20-19(25)9-8-18(27-20)10-11-23-12-14-24(15-13-23)17-6-4-3-5-7-17/h3-7,16,18-20,25H,8-15H2,1-2H3,(H,22,26)/t18-,19-,20-/m0/s1. The molecule has 27 heavy (non-hydrogen) atoms. The van der Waals surface area contributed by atoms with Crippen molar-refractivity contribution in [1.29, 1.82) is 0 Å². The average molecular weight is 376 g/mol. The van der Waals surface area contributed by atoms with E-state index in [1.165, 1.54) is 5.69 Å². The SMILES string of the molecule is CC(C)NC(=O)[C@H]1O[C@H](CCN2CCN(c3ccccc3)CC2)CC[C@@H]1O. The summed E-state index contributed by atoms with van der Waals surface area (Å²) in [6.45, 7) is 8.96. The number of piperazine rings is 1. The lowest BCUT2D eigenvalue weighted by Crippen LogP contribution is -2.51. The lowest BCUT2D eigenvalue weighted by Gasteiger charge is -2.38. The maximum absolute atomic E-state index is 12.2. The van der Waals surface area contributed by atoms with Gasteiger partial charge in [-0.05, 0) is 45.2 Å². The highest BCUT2D eigenvalue weighted by atomic mass is 16.5. The Balaban J connectivity index is 1.42. The largest absolute Gasteiger partial charge is 0.390 e. The number of hydrogen-bond donors (Lipinski definition) is 2. The molecular weight excluding hydrogens is 342 g/mol. The number of aliphatic hydroxyl groups excluding tert-OH is 1. The van der Waals surface area contributed by atoms with E-state index < -0.39 is 12.2 Å². The van der Waals surface area contributed by atoms with E-state index in [4.69, 9.17) is 4.74 Å². The summed E-state index contributed by atoms with van der Waals surface area (Å²) in [5, 5.41) is 13.0. The molecule has 2 N–H and O–H groups in total. The zero-order chi connectivity index (χ0) is 19.2. The first-order valence-corrected chi connectivity index (χ1v) is 10.2. The van der Waals surface area contributed by atoms with Crippen LogP contribution < -0.4 is 10.2 Å². The van der Waals surface area contributed by atoms with Crippen LogP contribution >= 0.6 is 0 Å². The number of nitrogens with one attached hydrogen (secondary N) is 1. The number of benzene rings is 1. The van der Waals surface area contributed by atoms with Crippen molar-refractivity contribution in [1.82, 2.24) is 10.2 Å². The van der Waals surface area contributed by atoms with E-state index in [-0.39, 0.29) is 18.1 Å². The first-order chi connectivity index (χ1) is 13.0. The molecule has 1 aromatic carbocycles. The van der Waals surface area contributed by atoms with Gasteiger partial charge in [0.25, 0.3) is 5.91 Å². The Labute approximate surface area is 162 Å². The molecule has 3 rings (SSSR count). The van der Waals surface area contributed by atoms with Crippen LogP contribution in [-0.4, -0.2) is 73.0 Å². The third-order valence-corrected chi connectivity index (χ3v) is 5.42. The fraction of sp³-hybridized carbons (Fsp3) is 0.667. The van der Waals surface area contributed by atoms with Crippen LogP contribution in [0.1, 0.15) is 33.1 Å². The van der Waals surface area contributed by atoms with Gasteiger partial charge in [0.15, 0.2) is 6.10 Å². The normalized spacial score (nSPS) is 27.0. The van der Waals surface area contributed by atoms with E-state index in [2.05, 4.69) is 45.4 Å². The fourth-order valence-corrected chi connectivity index (χ4v) is 3.88. The van der Waals surface area contributed by atoms with Crippen molar-refractivity contribution < 1.29 is 14.6 Å². The lowest BCUT2D eigenvalue weighted by atomic mass is 9.98. The number of aliphatic hydroxyl groups is 1. The third kappa shape index (κ3) is 5.67. The predicted molar refractivity (Wildman–Crippen MR) is 107 cm³/mol. The summed E-state index contributed by atoms with van der Waals surface area (Å²) in [7, 11) is 0. The van der Waals surface area contributed by atoms with Crippen LogP contribution in [0.3, 0.4) is 0 Å². The van der Waals surface area contributed by atoms with Crippen molar-refractivity contribution in [2.75, 3.05) is 37.6 Å². The number of rotatable bonds is 6. The number of hydrogen-bond acceptors (Lipinski definition) is 5. The molecule has 2 heterocycles. The zero-order valence-corrected chi connectivity index (χ0v) is 16.5. The minimum atomic E-state index is -0.735. The molecule has 2 saturated heterocycles. The molecule has 2 aliphatic rings. The third-order valence-electron chi connectivity index (χ3n) is 5.42. The first-order valence-electron chi connectivity index (χ1n) is 10.2. The number of anilines is 1. The monoisotopic (exact) mass is 375 g/mol. The second-order valence-electron chi connectivity index (χ2n) is 7.94. The maximum atomic E-state index is 12.2. The molecule has 150 valence electrons. The van der Waals surface area contributed by atoms with Crippen LogP contribution in [0.15, 0.2) is 30.3 Å². The summed E-state index contributed by atoms with van der Waals surface area (Å²) in [6, 6.07) is 10.6. The molecule has 3 atom stereocenters. The number of amides is 1. The van der Waals surface area contributed by atoms with Crippen molar-refractivity contribution >= 4 is 11.6 Å². The Bertz CT molecular complexity index is 588. The van der Waals surface area contributed by atoms with Crippen molar-refractivity contribution in [3.8, 4) is 0 Å². The maximum Gasteiger partial charge on any atom is 0.252 e. The molecule has 0 radical (unpaired) electrons. The number of nitrogens with zero attached hydrogens (tertiary/aromatic N) is 2. The van der Waals surface area contributed by atoms with Crippen molar-refractivity contribution in [2.24, 2.45) is 0 Å². The number of carbonyl (C=O) groups is 1. The molecule has 0 spiro atoms. The molecule has 6 heteroatoms. The van der Waals surface area contributed by atoms with E-state index in [0.29, 0.717) is 6.42 Å². The van der Waals surface area contributed by atoms with E-state index in [0.717, 1.165) is 45.6 Å². The summed E-state index contributed by atoms with van der Waals surface area (Å²) >= 11 is 0. The lowest BCUT2D eigenvalue weighted by molar-refractivity contribution is -0.159. The highest BCUT2D eigenvalue weighted by Crippen LogP contribution is 2.23. The van der Waals surface area contributed by atoms with Gasteiger partial charge >= 0.3 is 0 Å². The topological polar surface area (TPSA) is 65.0 Å². The van der Waals surface area contributed by atoms with Gasteiger partial charge in [-0.25, -0.2) is 0 Å². The molecule has 0 saturated carbocycles. The van der Waals surface area contributed by atoms with Gasteiger partial charge in [-0.3, -0.25) is 9.69 Å². The molecule has 0 aromatic heterocycles.